The van der Waals surface area contributed by atoms with E-state index in [1.165, 1.54) is 0 Å². The lowest BCUT2D eigenvalue weighted by molar-refractivity contribution is 0.185. The Morgan fingerprint density at radius 2 is 2.41 bits per heavy atom. The number of halogens is 2. The highest BCUT2D eigenvalue weighted by atomic mass is 79.9. The minimum absolute atomic E-state index is 0.343. The maximum atomic E-state index is 5.96. The van der Waals surface area contributed by atoms with Crippen molar-refractivity contribution in [1.29, 1.82) is 0 Å². The van der Waals surface area contributed by atoms with Crippen LogP contribution < -0.4 is 0 Å². The standard InChI is InChI=1S/C12H12BrClN2O/c13-8-1-2-12-10(5-8)11(6-14)15-16(12)9-3-4-17-7-9/h1-2,5,9H,3-4,6-7H2. The van der Waals surface area contributed by atoms with Gasteiger partial charge in [0.15, 0.2) is 0 Å². The Kier molecular flexibility index (Phi) is 3.11. The van der Waals surface area contributed by atoms with Gasteiger partial charge in [-0.25, -0.2) is 0 Å². The van der Waals surface area contributed by atoms with Crippen LogP contribution in [-0.4, -0.2) is 23.0 Å². The lowest BCUT2D eigenvalue weighted by Crippen LogP contribution is -2.10. The van der Waals surface area contributed by atoms with Gasteiger partial charge in [-0.05, 0) is 24.6 Å². The van der Waals surface area contributed by atoms with Crippen LogP contribution in [-0.2, 0) is 10.6 Å². The fourth-order valence-electron chi connectivity index (χ4n) is 2.27. The van der Waals surface area contributed by atoms with Crippen LogP contribution in [0.4, 0.5) is 0 Å². The molecule has 2 aromatic rings. The number of hydrogen-bond donors (Lipinski definition) is 0. The Hall–Kier alpha value is -0.580. The number of aromatic nitrogens is 2. The molecule has 1 saturated heterocycles. The molecular formula is C12H12BrClN2O. The lowest BCUT2D eigenvalue weighted by atomic mass is 10.2. The van der Waals surface area contributed by atoms with Crippen molar-refractivity contribution in [3.63, 3.8) is 0 Å². The summed E-state index contributed by atoms with van der Waals surface area (Å²) in [6, 6.07) is 6.54. The fourth-order valence-corrected chi connectivity index (χ4v) is 2.83. The molecule has 1 aromatic heterocycles. The molecule has 0 N–H and O–H groups in total. The average Bonchev–Trinajstić information content (AvgIpc) is 2.94. The van der Waals surface area contributed by atoms with Gasteiger partial charge in [0.2, 0.25) is 0 Å². The first-order valence-corrected chi connectivity index (χ1v) is 6.92. The Bertz CT molecular complexity index is 549. The first-order chi connectivity index (χ1) is 8.29. The van der Waals surface area contributed by atoms with Gasteiger partial charge in [0.25, 0.3) is 0 Å². The molecule has 1 aliphatic heterocycles. The van der Waals surface area contributed by atoms with Crippen molar-refractivity contribution in [1.82, 2.24) is 9.78 Å². The molecule has 2 heterocycles. The molecule has 90 valence electrons. The summed E-state index contributed by atoms with van der Waals surface area (Å²) in [5, 5.41) is 5.74. The largest absolute Gasteiger partial charge is 0.379 e. The number of nitrogens with zero attached hydrogens (tertiary/aromatic N) is 2. The van der Waals surface area contributed by atoms with Gasteiger partial charge in [-0.15, -0.1) is 11.6 Å². The summed E-state index contributed by atoms with van der Waals surface area (Å²) in [5.41, 5.74) is 2.08. The lowest BCUT2D eigenvalue weighted by Gasteiger charge is -2.09. The van der Waals surface area contributed by atoms with Crippen LogP contribution in [0.3, 0.4) is 0 Å². The minimum Gasteiger partial charge on any atom is -0.379 e. The zero-order valence-electron chi connectivity index (χ0n) is 9.20. The molecule has 3 nitrogen and oxygen atoms in total. The molecule has 1 atom stereocenters. The number of hydrogen-bond acceptors (Lipinski definition) is 2. The maximum Gasteiger partial charge on any atom is 0.0851 e. The maximum absolute atomic E-state index is 5.96. The zero-order valence-corrected chi connectivity index (χ0v) is 11.5. The Balaban J connectivity index is 2.17. The predicted molar refractivity (Wildman–Crippen MR) is 71.5 cm³/mol. The SMILES string of the molecule is ClCc1nn(C2CCOC2)c2ccc(Br)cc12. The molecule has 1 aliphatic rings. The highest BCUT2D eigenvalue weighted by Gasteiger charge is 2.21. The Labute approximate surface area is 113 Å². The molecule has 0 spiro atoms. The molecule has 1 aromatic carbocycles. The van der Waals surface area contributed by atoms with E-state index in [2.05, 4.69) is 37.8 Å². The molecule has 3 rings (SSSR count). The van der Waals surface area contributed by atoms with Crippen molar-refractivity contribution in [2.45, 2.75) is 18.3 Å². The van der Waals surface area contributed by atoms with E-state index in [1.807, 2.05) is 6.07 Å². The highest BCUT2D eigenvalue weighted by molar-refractivity contribution is 9.10. The molecule has 0 aliphatic carbocycles. The van der Waals surface area contributed by atoms with Gasteiger partial charge in [0, 0.05) is 16.5 Å². The Morgan fingerprint density at radius 3 is 3.12 bits per heavy atom. The van der Waals surface area contributed by atoms with Crippen molar-refractivity contribution in [3.8, 4) is 0 Å². The van der Waals surface area contributed by atoms with Crippen LogP contribution in [0.5, 0.6) is 0 Å². The third kappa shape index (κ3) is 1.98. The number of fused-ring (bicyclic) bond motifs is 1. The third-order valence-corrected chi connectivity index (χ3v) is 3.87. The summed E-state index contributed by atoms with van der Waals surface area (Å²) in [6.07, 6.45) is 1.02. The molecule has 0 bridgehead atoms. The van der Waals surface area contributed by atoms with E-state index in [0.29, 0.717) is 11.9 Å². The van der Waals surface area contributed by atoms with Gasteiger partial charge < -0.3 is 4.74 Å². The van der Waals surface area contributed by atoms with Crippen molar-refractivity contribution >= 4 is 38.4 Å². The number of benzene rings is 1. The van der Waals surface area contributed by atoms with E-state index in [4.69, 9.17) is 16.3 Å². The monoisotopic (exact) mass is 314 g/mol. The average molecular weight is 316 g/mol. The van der Waals surface area contributed by atoms with Crippen molar-refractivity contribution in [2.24, 2.45) is 0 Å². The predicted octanol–water partition coefficient (Wildman–Crippen LogP) is 3.50. The Morgan fingerprint density at radius 1 is 1.53 bits per heavy atom. The van der Waals surface area contributed by atoms with Gasteiger partial charge in [-0.1, -0.05) is 15.9 Å². The number of rotatable bonds is 2. The van der Waals surface area contributed by atoms with Crippen LogP contribution in [0.1, 0.15) is 18.2 Å². The van der Waals surface area contributed by atoms with E-state index >= 15 is 0 Å². The van der Waals surface area contributed by atoms with Crippen LogP contribution in [0.15, 0.2) is 22.7 Å². The smallest absolute Gasteiger partial charge is 0.0851 e. The summed E-state index contributed by atoms with van der Waals surface area (Å²) >= 11 is 9.44. The first-order valence-electron chi connectivity index (χ1n) is 5.60. The third-order valence-electron chi connectivity index (χ3n) is 3.12. The summed E-state index contributed by atoms with van der Waals surface area (Å²) < 4.78 is 8.54. The highest BCUT2D eigenvalue weighted by Crippen LogP contribution is 2.29. The van der Waals surface area contributed by atoms with Gasteiger partial charge in [0.05, 0.1) is 29.7 Å². The molecule has 0 amide bonds. The van der Waals surface area contributed by atoms with Gasteiger partial charge in [0.1, 0.15) is 0 Å². The van der Waals surface area contributed by atoms with Gasteiger partial charge in [-0.2, -0.15) is 5.10 Å². The number of alkyl halides is 1. The van der Waals surface area contributed by atoms with E-state index in [1.54, 1.807) is 0 Å². The molecule has 5 heteroatoms. The second kappa shape index (κ2) is 4.59. The summed E-state index contributed by atoms with van der Waals surface area (Å²) in [4.78, 5) is 0. The van der Waals surface area contributed by atoms with Crippen LogP contribution in [0, 0.1) is 0 Å². The van der Waals surface area contributed by atoms with Crippen molar-refractivity contribution < 1.29 is 4.74 Å². The number of ether oxygens (including phenoxy) is 1. The summed E-state index contributed by atoms with van der Waals surface area (Å²) in [5.74, 6) is 0.438. The van der Waals surface area contributed by atoms with E-state index in [-0.39, 0.29) is 0 Å². The van der Waals surface area contributed by atoms with Gasteiger partial charge >= 0.3 is 0 Å². The molecular weight excluding hydrogens is 304 g/mol. The van der Waals surface area contributed by atoms with Gasteiger partial charge in [-0.3, -0.25) is 4.68 Å². The summed E-state index contributed by atoms with van der Waals surface area (Å²) in [7, 11) is 0. The molecule has 1 fully saturated rings. The molecule has 17 heavy (non-hydrogen) atoms. The molecule has 0 saturated carbocycles. The quantitative estimate of drug-likeness (QED) is 0.793. The second-order valence-corrected chi connectivity index (χ2v) is 5.39. The molecule has 1 unspecified atom stereocenters. The first kappa shape index (κ1) is 11.5. The fraction of sp³-hybridized carbons (Fsp3) is 0.417. The minimum atomic E-state index is 0.343. The van der Waals surface area contributed by atoms with Crippen LogP contribution >= 0.6 is 27.5 Å². The van der Waals surface area contributed by atoms with Crippen molar-refractivity contribution in [2.75, 3.05) is 13.2 Å². The summed E-state index contributed by atoms with van der Waals surface area (Å²) in [6.45, 7) is 1.56. The normalized spacial score (nSPS) is 20.2. The van der Waals surface area contributed by atoms with E-state index in [9.17, 15) is 0 Å². The van der Waals surface area contributed by atoms with Crippen molar-refractivity contribution in [3.05, 3.63) is 28.4 Å². The molecule has 0 radical (unpaired) electrons. The van der Waals surface area contributed by atoms with E-state index in [0.717, 1.165) is 40.7 Å². The van der Waals surface area contributed by atoms with E-state index < -0.39 is 0 Å². The second-order valence-electron chi connectivity index (χ2n) is 4.20. The topological polar surface area (TPSA) is 27.1 Å². The van der Waals surface area contributed by atoms with Crippen LogP contribution in [0.2, 0.25) is 0 Å². The zero-order chi connectivity index (χ0) is 11.8. The van der Waals surface area contributed by atoms with Crippen LogP contribution in [0.25, 0.3) is 10.9 Å².